The van der Waals surface area contributed by atoms with Crippen LogP contribution in [0.5, 0.6) is 0 Å². The predicted octanol–water partition coefficient (Wildman–Crippen LogP) is 1.09. The zero-order valence-corrected chi connectivity index (χ0v) is 13.2. The molecule has 0 fully saturated rings. The number of nitrogens with two attached hydrogens (primary N) is 2. The highest BCUT2D eigenvalue weighted by Gasteiger charge is 2.26. The van der Waals surface area contributed by atoms with Gasteiger partial charge >= 0.3 is 6.03 Å². The number of primary amides is 1. The Bertz CT molecular complexity index is 483. The van der Waals surface area contributed by atoms with Gasteiger partial charge < -0.3 is 11.1 Å². The Hall–Kier alpha value is -1.88. The maximum Gasteiger partial charge on any atom is 0.319 e. The number of carbonyl (C=O) groups excluding carboxylic acids is 2. The van der Waals surface area contributed by atoms with Crippen LogP contribution in [0.3, 0.4) is 0 Å². The van der Waals surface area contributed by atoms with E-state index in [9.17, 15) is 9.59 Å². The van der Waals surface area contributed by atoms with E-state index >= 15 is 0 Å². The average Bonchev–Trinajstić information content (AvgIpc) is 2.43. The van der Waals surface area contributed by atoms with Gasteiger partial charge in [-0.15, -0.1) is 0 Å². The number of nitrogens with one attached hydrogen (secondary N) is 1. The zero-order valence-electron chi connectivity index (χ0n) is 13.2. The fraction of sp³-hybridized carbons (Fsp3) is 0.500. The number of carbonyl (C=O) groups is 2. The second-order valence-electron chi connectivity index (χ2n) is 5.70. The van der Waals surface area contributed by atoms with Crippen molar-refractivity contribution in [2.24, 2.45) is 11.7 Å². The van der Waals surface area contributed by atoms with Crippen LogP contribution in [0.25, 0.3) is 0 Å². The van der Waals surface area contributed by atoms with E-state index in [4.69, 9.17) is 5.73 Å². The molecule has 0 unspecified atom stereocenters. The number of benzene rings is 1. The fourth-order valence-electron chi connectivity index (χ4n) is 2.33. The number of imide groups is 1. The standard InChI is InChI=1S/C16H25N3O2/c1-5-12-6-8-13(9-7-12)14(10(2)3)18-11(4)15(20)19-16(17)21/h6-11,14,18H,5H2,1-4H3,(H3,17,19,20,21)/p+1/t11-,14-/m1/s1. The lowest BCUT2D eigenvalue weighted by Gasteiger charge is -2.23. The normalized spacial score (nSPS) is 13.8. The number of amides is 3. The summed E-state index contributed by atoms with van der Waals surface area (Å²) in [5.41, 5.74) is 7.45. The molecule has 5 heteroatoms. The monoisotopic (exact) mass is 292 g/mol. The molecule has 0 heterocycles. The van der Waals surface area contributed by atoms with Crippen LogP contribution < -0.4 is 16.4 Å². The summed E-state index contributed by atoms with van der Waals surface area (Å²) in [6.07, 6.45) is 1.01. The van der Waals surface area contributed by atoms with Crippen molar-refractivity contribution in [2.45, 2.75) is 46.2 Å². The third-order valence-corrected chi connectivity index (χ3v) is 3.65. The maximum absolute atomic E-state index is 11.8. The highest BCUT2D eigenvalue weighted by molar-refractivity contribution is 5.95. The Labute approximate surface area is 126 Å². The summed E-state index contributed by atoms with van der Waals surface area (Å²) in [5.74, 6) is -0.000340. The Kier molecular flexibility index (Phi) is 6.37. The molecule has 1 rings (SSSR count). The third-order valence-electron chi connectivity index (χ3n) is 3.65. The van der Waals surface area contributed by atoms with Gasteiger partial charge in [0.25, 0.3) is 5.91 Å². The molecule has 0 aliphatic heterocycles. The molecule has 0 radical (unpaired) electrons. The number of quaternary nitrogens is 1. The summed E-state index contributed by atoms with van der Waals surface area (Å²) in [6.45, 7) is 8.13. The molecule has 1 aromatic rings. The van der Waals surface area contributed by atoms with Gasteiger partial charge in [-0.1, -0.05) is 45.0 Å². The summed E-state index contributed by atoms with van der Waals surface area (Å²) >= 11 is 0. The van der Waals surface area contributed by atoms with Crippen LogP contribution in [0, 0.1) is 5.92 Å². The first-order valence-electron chi connectivity index (χ1n) is 7.39. The van der Waals surface area contributed by atoms with E-state index in [-0.39, 0.29) is 18.0 Å². The number of aryl methyl sites for hydroxylation is 1. The molecule has 0 aliphatic carbocycles. The van der Waals surface area contributed by atoms with Crippen molar-refractivity contribution in [3.05, 3.63) is 35.4 Å². The minimum Gasteiger partial charge on any atom is -0.351 e. The van der Waals surface area contributed by atoms with Gasteiger partial charge in [-0.2, -0.15) is 0 Å². The van der Waals surface area contributed by atoms with Crippen molar-refractivity contribution < 1.29 is 14.9 Å². The first-order chi connectivity index (χ1) is 9.85. The predicted molar refractivity (Wildman–Crippen MR) is 82.5 cm³/mol. The Morgan fingerprint density at radius 2 is 1.76 bits per heavy atom. The van der Waals surface area contributed by atoms with Crippen LogP contribution in [-0.4, -0.2) is 18.0 Å². The molecule has 0 bridgehead atoms. The van der Waals surface area contributed by atoms with Gasteiger partial charge in [-0.25, -0.2) is 4.79 Å². The van der Waals surface area contributed by atoms with Gasteiger partial charge in [0, 0.05) is 11.5 Å². The summed E-state index contributed by atoms with van der Waals surface area (Å²) in [5, 5.41) is 4.10. The second-order valence-corrected chi connectivity index (χ2v) is 5.70. The second kappa shape index (κ2) is 7.78. The molecule has 5 nitrogen and oxygen atoms in total. The molecule has 0 saturated carbocycles. The quantitative estimate of drug-likeness (QED) is 0.733. The number of urea groups is 1. The van der Waals surface area contributed by atoms with Crippen molar-refractivity contribution in [1.82, 2.24) is 5.32 Å². The van der Waals surface area contributed by atoms with E-state index in [2.05, 4.69) is 50.4 Å². The van der Waals surface area contributed by atoms with Crippen molar-refractivity contribution in [2.75, 3.05) is 0 Å². The Balaban J connectivity index is 2.81. The molecule has 0 aromatic heterocycles. The van der Waals surface area contributed by atoms with Gasteiger partial charge in [0.05, 0.1) is 0 Å². The number of rotatable bonds is 6. The minimum absolute atomic E-state index is 0.157. The highest BCUT2D eigenvalue weighted by atomic mass is 16.2. The molecule has 116 valence electrons. The van der Waals surface area contributed by atoms with Crippen LogP contribution in [0.15, 0.2) is 24.3 Å². The lowest BCUT2D eigenvalue weighted by Crippen LogP contribution is -2.93. The SMILES string of the molecule is CCc1ccc([C@H]([NH2+][C@H](C)C(=O)NC(N)=O)C(C)C)cc1. The highest BCUT2D eigenvalue weighted by Crippen LogP contribution is 2.18. The Morgan fingerprint density at radius 1 is 1.19 bits per heavy atom. The largest absolute Gasteiger partial charge is 0.351 e. The van der Waals surface area contributed by atoms with Crippen LogP contribution in [0.1, 0.15) is 44.9 Å². The molecule has 0 spiro atoms. The lowest BCUT2D eigenvalue weighted by atomic mass is 9.94. The van der Waals surface area contributed by atoms with E-state index in [0.29, 0.717) is 5.92 Å². The van der Waals surface area contributed by atoms with Gasteiger partial charge in [0.15, 0.2) is 6.04 Å². The number of hydrogen-bond donors (Lipinski definition) is 3. The molecular weight excluding hydrogens is 266 g/mol. The summed E-state index contributed by atoms with van der Waals surface area (Å²) in [4.78, 5) is 22.6. The van der Waals surface area contributed by atoms with Crippen LogP contribution in [0.4, 0.5) is 4.79 Å². The maximum atomic E-state index is 11.8. The van der Waals surface area contributed by atoms with Crippen molar-refractivity contribution in [3.63, 3.8) is 0 Å². The lowest BCUT2D eigenvalue weighted by molar-refractivity contribution is -0.719. The van der Waals surface area contributed by atoms with E-state index in [1.165, 1.54) is 11.1 Å². The minimum atomic E-state index is -0.811. The summed E-state index contributed by atoms with van der Waals surface area (Å²) in [7, 11) is 0. The van der Waals surface area contributed by atoms with E-state index in [1.807, 2.05) is 5.32 Å². The van der Waals surface area contributed by atoms with Crippen molar-refractivity contribution >= 4 is 11.9 Å². The van der Waals surface area contributed by atoms with Crippen LogP contribution in [-0.2, 0) is 11.2 Å². The molecule has 0 aliphatic rings. The summed E-state index contributed by atoms with van der Waals surface area (Å²) < 4.78 is 0. The third kappa shape index (κ3) is 5.19. The number of hydrogen-bond acceptors (Lipinski definition) is 2. The van der Waals surface area contributed by atoms with Crippen LogP contribution in [0.2, 0.25) is 0 Å². The van der Waals surface area contributed by atoms with Crippen LogP contribution >= 0.6 is 0 Å². The van der Waals surface area contributed by atoms with Gasteiger partial charge in [-0.05, 0) is 18.9 Å². The molecule has 2 atom stereocenters. The molecule has 21 heavy (non-hydrogen) atoms. The molecule has 5 N–H and O–H groups in total. The first-order valence-corrected chi connectivity index (χ1v) is 7.39. The van der Waals surface area contributed by atoms with E-state index in [0.717, 1.165) is 6.42 Å². The van der Waals surface area contributed by atoms with Crippen molar-refractivity contribution in [3.8, 4) is 0 Å². The molecule has 3 amide bonds. The molecule has 1 aromatic carbocycles. The van der Waals surface area contributed by atoms with Gasteiger partial charge in [0.2, 0.25) is 0 Å². The smallest absolute Gasteiger partial charge is 0.319 e. The van der Waals surface area contributed by atoms with E-state index in [1.54, 1.807) is 6.92 Å². The van der Waals surface area contributed by atoms with Crippen molar-refractivity contribution in [1.29, 1.82) is 0 Å². The zero-order chi connectivity index (χ0) is 16.0. The Morgan fingerprint density at radius 3 is 2.19 bits per heavy atom. The molecule has 0 saturated heterocycles. The van der Waals surface area contributed by atoms with E-state index < -0.39 is 6.03 Å². The first kappa shape index (κ1) is 17.2. The van der Waals surface area contributed by atoms with Gasteiger partial charge in [0.1, 0.15) is 6.04 Å². The topological polar surface area (TPSA) is 88.8 Å². The fourth-order valence-corrected chi connectivity index (χ4v) is 2.33. The van der Waals surface area contributed by atoms with Gasteiger partial charge in [-0.3, -0.25) is 10.1 Å². The molecular formula is C16H26N3O2+. The summed E-state index contributed by atoms with van der Waals surface area (Å²) in [6, 6.07) is 7.42. The average molecular weight is 292 g/mol.